The first-order valence-electron chi connectivity index (χ1n) is 12.3. The van der Waals surface area contributed by atoms with Crippen LogP contribution in [0.2, 0.25) is 5.02 Å². The molecule has 1 saturated heterocycles. The van der Waals surface area contributed by atoms with Gasteiger partial charge in [0.2, 0.25) is 0 Å². The van der Waals surface area contributed by atoms with Gasteiger partial charge in [0.1, 0.15) is 11.5 Å². The first-order valence-corrected chi connectivity index (χ1v) is 13.9. The number of hydrogen-bond donors (Lipinski definition) is 1. The van der Waals surface area contributed by atoms with Crippen molar-refractivity contribution in [2.24, 2.45) is 5.14 Å². The Morgan fingerprint density at radius 1 is 1.22 bits per heavy atom. The number of benzene rings is 2. The van der Waals surface area contributed by atoms with Gasteiger partial charge < -0.3 is 14.2 Å². The highest BCUT2D eigenvalue weighted by atomic mass is 35.5. The topological polar surface area (TPSA) is 88.6 Å². The third-order valence-corrected chi connectivity index (χ3v) is 7.82. The van der Waals surface area contributed by atoms with E-state index >= 15 is 0 Å². The third kappa shape index (κ3) is 6.82. The van der Waals surface area contributed by atoms with Gasteiger partial charge in [-0.05, 0) is 75.1 Å². The smallest absolute Gasteiger partial charge is 0.199 e. The monoisotopic (exact) mass is 543 g/mol. The van der Waals surface area contributed by atoms with E-state index < -0.39 is 15.7 Å². The minimum atomic E-state index is -1.52. The second-order valence-electron chi connectivity index (χ2n) is 9.71. The highest BCUT2D eigenvalue weighted by Gasteiger charge is 2.22. The Labute approximate surface area is 226 Å². The Hall–Kier alpha value is -2.65. The van der Waals surface area contributed by atoms with Crippen LogP contribution in [0.4, 0.5) is 0 Å². The Morgan fingerprint density at radius 2 is 1.95 bits per heavy atom. The predicted octanol–water partition coefficient (Wildman–Crippen LogP) is 5.83. The van der Waals surface area contributed by atoms with E-state index in [-0.39, 0.29) is 6.29 Å². The lowest BCUT2D eigenvalue weighted by Crippen LogP contribution is -2.29. The summed E-state index contributed by atoms with van der Waals surface area (Å²) in [5, 5.41) is 11.1. The number of halogens is 1. The van der Waals surface area contributed by atoms with E-state index in [9.17, 15) is 4.21 Å². The Bertz CT molecular complexity index is 1280. The molecule has 2 heterocycles. The minimum absolute atomic E-state index is 0.178. The van der Waals surface area contributed by atoms with E-state index in [1.54, 1.807) is 13.2 Å². The first-order chi connectivity index (χ1) is 17.7. The summed E-state index contributed by atoms with van der Waals surface area (Å²) in [6.45, 7) is 6.37. The molecule has 0 spiro atoms. The summed E-state index contributed by atoms with van der Waals surface area (Å²) in [7, 11) is 0.0891. The van der Waals surface area contributed by atoms with Crippen LogP contribution in [-0.4, -0.2) is 38.7 Å². The van der Waals surface area contributed by atoms with Gasteiger partial charge in [0.05, 0.1) is 45.9 Å². The van der Waals surface area contributed by atoms with E-state index in [2.05, 4.69) is 0 Å². The third-order valence-electron chi connectivity index (χ3n) is 6.37. The van der Waals surface area contributed by atoms with Crippen molar-refractivity contribution in [2.45, 2.75) is 57.5 Å². The van der Waals surface area contributed by atoms with Crippen molar-refractivity contribution in [2.75, 3.05) is 13.7 Å². The first kappa shape index (κ1) is 27.4. The zero-order valence-corrected chi connectivity index (χ0v) is 23.3. The number of nitrogens with zero attached hydrogens (tertiary/aromatic N) is 2. The number of ether oxygens (including phenoxy) is 3. The zero-order chi connectivity index (χ0) is 26.6. The number of aromatic nitrogens is 2. The van der Waals surface area contributed by atoms with Gasteiger partial charge in [-0.15, -0.1) is 0 Å². The predicted molar refractivity (Wildman–Crippen MR) is 149 cm³/mol. The second kappa shape index (κ2) is 11.8. The van der Waals surface area contributed by atoms with Gasteiger partial charge in [0.25, 0.3) is 0 Å². The van der Waals surface area contributed by atoms with Crippen molar-refractivity contribution in [3.05, 3.63) is 76.6 Å². The highest BCUT2D eigenvalue weighted by Crippen LogP contribution is 2.30. The molecule has 2 unspecified atom stereocenters. The van der Waals surface area contributed by atoms with Crippen LogP contribution in [-0.2, 0) is 22.1 Å². The van der Waals surface area contributed by atoms with Crippen LogP contribution >= 0.6 is 11.6 Å². The maximum absolute atomic E-state index is 12.0. The fourth-order valence-electron chi connectivity index (χ4n) is 4.24. The van der Waals surface area contributed by atoms with Gasteiger partial charge in [-0.3, -0.25) is 5.14 Å². The fraction of sp³-hybridized carbons (Fsp3) is 0.393. The summed E-state index contributed by atoms with van der Waals surface area (Å²) in [5.41, 5.74) is 4.43. The summed E-state index contributed by atoms with van der Waals surface area (Å²) in [6, 6.07) is 15.6. The average Bonchev–Trinajstić information content (AvgIpc) is 3.29. The van der Waals surface area contributed by atoms with E-state index in [1.807, 2.05) is 74.0 Å². The summed E-state index contributed by atoms with van der Waals surface area (Å²) in [6.07, 6.45) is 5.46. The summed E-state index contributed by atoms with van der Waals surface area (Å²) in [4.78, 5) is 0. The number of methoxy groups -OCH3 is 1. The molecule has 0 aliphatic carbocycles. The minimum Gasteiger partial charge on any atom is -0.497 e. The molecule has 1 aliphatic heterocycles. The lowest BCUT2D eigenvalue weighted by Gasteiger charge is -2.23. The van der Waals surface area contributed by atoms with Gasteiger partial charge in [-0.25, -0.2) is 8.89 Å². The molecule has 1 fully saturated rings. The van der Waals surface area contributed by atoms with Crippen molar-refractivity contribution >= 4 is 28.2 Å². The van der Waals surface area contributed by atoms with Crippen LogP contribution in [0.25, 0.3) is 11.3 Å². The Morgan fingerprint density at radius 3 is 2.57 bits per heavy atom. The molecule has 0 bridgehead atoms. The molecule has 3 aromatic rings. The van der Waals surface area contributed by atoms with Crippen LogP contribution < -0.4 is 14.6 Å². The van der Waals surface area contributed by atoms with Crippen molar-refractivity contribution < 1.29 is 18.4 Å². The molecular formula is C28H34ClN3O4S. The average molecular weight is 544 g/mol. The van der Waals surface area contributed by atoms with Gasteiger partial charge >= 0.3 is 0 Å². The lowest BCUT2D eigenvalue weighted by atomic mass is 10.1. The molecule has 1 aromatic heterocycles. The van der Waals surface area contributed by atoms with Gasteiger partial charge in [-0.1, -0.05) is 29.8 Å². The quantitative estimate of drug-likeness (QED) is 0.366. The molecule has 4 rings (SSSR count). The summed E-state index contributed by atoms with van der Waals surface area (Å²) >= 11 is 6.63. The highest BCUT2D eigenvalue weighted by molar-refractivity contribution is 7.84. The summed E-state index contributed by atoms with van der Waals surface area (Å²) < 4.78 is 30.1. The van der Waals surface area contributed by atoms with Crippen LogP contribution in [0.5, 0.6) is 11.5 Å². The number of nitrogens with two attached hydrogens (primary N) is 1. The van der Waals surface area contributed by atoms with E-state index in [1.165, 1.54) is 0 Å². The second-order valence-corrected chi connectivity index (χ2v) is 11.8. The van der Waals surface area contributed by atoms with E-state index in [0.29, 0.717) is 17.2 Å². The van der Waals surface area contributed by atoms with Crippen LogP contribution in [0.3, 0.4) is 0 Å². The molecule has 37 heavy (non-hydrogen) atoms. The Balaban J connectivity index is 1.65. The molecule has 9 heteroatoms. The maximum Gasteiger partial charge on any atom is 0.199 e. The van der Waals surface area contributed by atoms with Crippen molar-refractivity contribution in [1.29, 1.82) is 0 Å². The lowest BCUT2D eigenvalue weighted by molar-refractivity contribution is -0.105. The fourth-order valence-corrected chi connectivity index (χ4v) is 4.78. The van der Waals surface area contributed by atoms with Gasteiger partial charge in [0, 0.05) is 24.6 Å². The molecular weight excluding hydrogens is 510 g/mol. The molecule has 2 N–H and O–H groups in total. The number of hydrogen-bond acceptors (Lipinski definition) is 5. The normalized spacial score (nSPS) is 17.5. The number of rotatable bonds is 9. The van der Waals surface area contributed by atoms with Crippen LogP contribution in [0.15, 0.2) is 54.6 Å². The van der Waals surface area contributed by atoms with Crippen molar-refractivity contribution in [3.63, 3.8) is 0 Å². The Kier molecular flexibility index (Phi) is 8.75. The van der Waals surface area contributed by atoms with Crippen LogP contribution in [0.1, 0.15) is 57.0 Å². The molecule has 0 amide bonds. The largest absolute Gasteiger partial charge is 0.497 e. The zero-order valence-electron chi connectivity index (χ0n) is 21.7. The van der Waals surface area contributed by atoms with Crippen molar-refractivity contribution in [1.82, 2.24) is 9.78 Å². The maximum atomic E-state index is 12.0. The van der Waals surface area contributed by atoms with E-state index in [0.717, 1.165) is 59.8 Å². The van der Waals surface area contributed by atoms with E-state index in [4.69, 9.17) is 36.0 Å². The van der Waals surface area contributed by atoms with Gasteiger partial charge in [0.15, 0.2) is 6.29 Å². The number of allylic oxidation sites excluding steroid dienone is 1. The molecule has 2 atom stereocenters. The molecule has 7 nitrogen and oxygen atoms in total. The molecule has 198 valence electrons. The molecule has 1 aliphatic rings. The molecule has 2 aromatic carbocycles. The van der Waals surface area contributed by atoms with Gasteiger partial charge in [-0.2, -0.15) is 5.10 Å². The van der Waals surface area contributed by atoms with Crippen LogP contribution in [0, 0.1) is 0 Å². The SMILES string of the molecule is COc1ccc(-n2nc(/C(C)=C/C(C)(C)S(N)=O)cc2Cc2ccc(OC3CCCCO3)cc2)c(Cl)c1. The standard InChI is InChI=1S/C28H34ClN3O4S/c1-19(18-28(2,3)37(30)33)25-16-21(32(31-25)26-13-12-23(34-4)17-24(26)29)15-20-8-10-22(11-9-20)36-27-7-5-6-14-35-27/h8-13,16-18,27H,5-7,14-15,30H2,1-4H3/b19-18+. The molecule has 0 radical (unpaired) electrons. The summed E-state index contributed by atoms with van der Waals surface area (Å²) in [5.74, 6) is 1.46. The molecule has 0 saturated carbocycles. The van der Waals surface area contributed by atoms with Crippen molar-refractivity contribution in [3.8, 4) is 17.2 Å².